The number of nitrogen functional groups attached to an aromatic ring is 1. The highest BCUT2D eigenvalue weighted by molar-refractivity contribution is 6.43. The molecule has 0 amide bonds. The van der Waals surface area contributed by atoms with Crippen LogP contribution < -0.4 is 5.73 Å². The standard InChI is InChI=1S/C11H10Cl2N2O/c1-2-6-10(16-15-11(6)14)7-4-3-5-8(12)9(7)13/h3-5H,2H2,1H3,(H2,14,15). The minimum absolute atomic E-state index is 0.397. The topological polar surface area (TPSA) is 52.0 Å². The van der Waals surface area contributed by atoms with Crippen molar-refractivity contribution in [3.63, 3.8) is 0 Å². The fraction of sp³-hybridized carbons (Fsp3) is 0.182. The Morgan fingerprint density at radius 1 is 1.38 bits per heavy atom. The summed E-state index contributed by atoms with van der Waals surface area (Å²) in [5, 5.41) is 4.67. The van der Waals surface area contributed by atoms with Gasteiger partial charge in [-0.1, -0.05) is 41.3 Å². The lowest BCUT2D eigenvalue weighted by molar-refractivity contribution is 0.435. The number of halogens is 2. The molecule has 84 valence electrons. The summed E-state index contributed by atoms with van der Waals surface area (Å²) in [7, 11) is 0. The monoisotopic (exact) mass is 256 g/mol. The number of rotatable bonds is 2. The maximum atomic E-state index is 6.11. The van der Waals surface area contributed by atoms with E-state index in [9.17, 15) is 0 Å². The van der Waals surface area contributed by atoms with Gasteiger partial charge in [-0.15, -0.1) is 0 Å². The summed E-state index contributed by atoms with van der Waals surface area (Å²) < 4.78 is 5.19. The van der Waals surface area contributed by atoms with Crippen molar-refractivity contribution >= 4 is 29.0 Å². The number of hydrogen-bond donors (Lipinski definition) is 1. The van der Waals surface area contributed by atoms with Gasteiger partial charge in [0.25, 0.3) is 0 Å². The van der Waals surface area contributed by atoms with Crippen LogP contribution in [0.15, 0.2) is 22.7 Å². The first kappa shape index (κ1) is 11.3. The summed E-state index contributed by atoms with van der Waals surface area (Å²) in [6.07, 6.45) is 0.730. The predicted octanol–water partition coefficient (Wildman–Crippen LogP) is 3.79. The average Bonchev–Trinajstić information content (AvgIpc) is 2.63. The summed E-state index contributed by atoms with van der Waals surface area (Å²) in [5.41, 5.74) is 7.27. The molecule has 0 bridgehead atoms. The van der Waals surface area contributed by atoms with E-state index in [-0.39, 0.29) is 0 Å². The number of nitrogens with zero attached hydrogens (tertiary/aromatic N) is 1. The van der Waals surface area contributed by atoms with Gasteiger partial charge >= 0.3 is 0 Å². The van der Waals surface area contributed by atoms with Crippen molar-refractivity contribution < 1.29 is 4.52 Å². The molecule has 2 aromatic rings. The molecule has 1 aromatic carbocycles. The Bertz CT molecular complexity index is 523. The van der Waals surface area contributed by atoms with Crippen LogP contribution in [-0.4, -0.2) is 5.16 Å². The van der Waals surface area contributed by atoms with Crippen LogP contribution in [0.2, 0.25) is 10.0 Å². The second-order valence-electron chi connectivity index (χ2n) is 3.33. The van der Waals surface area contributed by atoms with Crippen molar-refractivity contribution in [2.24, 2.45) is 0 Å². The molecule has 0 radical (unpaired) electrons. The molecule has 16 heavy (non-hydrogen) atoms. The van der Waals surface area contributed by atoms with Crippen LogP contribution in [0.5, 0.6) is 0 Å². The maximum absolute atomic E-state index is 6.11. The maximum Gasteiger partial charge on any atom is 0.173 e. The molecule has 0 saturated carbocycles. The highest BCUT2D eigenvalue weighted by atomic mass is 35.5. The third-order valence-corrected chi connectivity index (χ3v) is 3.19. The first-order valence-electron chi connectivity index (χ1n) is 4.83. The zero-order chi connectivity index (χ0) is 11.7. The van der Waals surface area contributed by atoms with Crippen LogP contribution >= 0.6 is 23.2 Å². The number of aromatic nitrogens is 1. The highest BCUT2D eigenvalue weighted by Gasteiger charge is 2.17. The summed E-state index contributed by atoms with van der Waals surface area (Å²) in [6, 6.07) is 5.35. The Morgan fingerprint density at radius 2 is 2.12 bits per heavy atom. The molecule has 3 nitrogen and oxygen atoms in total. The van der Waals surface area contributed by atoms with Gasteiger partial charge in [-0.05, 0) is 18.6 Å². The van der Waals surface area contributed by atoms with Crippen LogP contribution in [0.4, 0.5) is 5.82 Å². The van der Waals surface area contributed by atoms with Gasteiger partial charge in [0.2, 0.25) is 0 Å². The Hall–Kier alpha value is -1.19. The molecule has 0 aliphatic heterocycles. The lowest BCUT2D eigenvalue weighted by Gasteiger charge is -2.03. The van der Waals surface area contributed by atoms with Gasteiger partial charge in [-0.25, -0.2) is 0 Å². The van der Waals surface area contributed by atoms with Gasteiger partial charge in [0, 0.05) is 11.1 Å². The van der Waals surface area contributed by atoms with E-state index in [1.807, 2.05) is 19.1 Å². The van der Waals surface area contributed by atoms with Crippen LogP contribution in [-0.2, 0) is 6.42 Å². The van der Waals surface area contributed by atoms with Crippen molar-refractivity contribution in [1.29, 1.82) is 0 Å². The van der Waals surface area contributed by atoms with Gasteiger partial charge in [-0.3, -0.25) is 0 Å². The first-order chi connectivity index (χ1) is 7.65. The highest BCUT2D eigenvalue weighted by Crippen LogP contribution is 2.36. The van der Waals surface area contributed by atoms with Crippen molar-refractivity contribution in [2.45, 2.75) is 13.3 Å². The van der Waals surface area contributed by atoms with Crippen LogP contribution in [0, 0.1) is 0 Å². The van der Waals surface area contributed by atoms with Crippen LogP contribution in [0.25, 0.3) is 11.3 Å². The predicted molar refractivity (Wildman–Crippen MR) is 65.7 cm³/mol. The number of benzene rings is 1. The van der Waals surface area contributed by atoms with E-state index >= 15 is 0 Å². The van der Waals surface area contributed by atoms with Gasteiger partial charge < -0.3 is 10.3 Å². The van der Waals surface area contributed by atoms with Gasteiger partial charge in [0.15, 0.2) is 11.6 Å². The largest absolute Gasteiger partial charge is 0.381 e. The first-order valence-corrected chi connectivity index (χ1v) is 5.59. The molecular weight excluding hydrogens is 247 g/mol. The lowest BCUT2D eigenvalue weighted by atomic mass is 10.1. The summed E-state index contributed by atoms with van der Waals surface area (Å²) in [4.78, 5) is 0. The van der Waals surface area contributed by atoms with Gasteiger partial charge in [0.05, 0.1) is 10.0 Å². The normalized spacial score (nSPS) is 10.7. The van der Waals surface area contributed by atoms with Crippen molar-refractivity contribution in [3.05, 3.63) is 33.8 Å². The molecule has 2 rings (SSSR count). The number of anilines is 1. The minimum Gasteiger partial charge on any atom is -0.381 e. The molecule has 1 aromatic heterocycles. The van der Waals surface area contributed by atoms with E-state index in [1.165, 1.54) is 0 Å². The summed E-state index contributed by atoms with van der Waals surface area (Å²) >= 11 is 12.0. The fourth-order valence-electron chi connectivity index (χ4n) is 1.55. The van der Waals surface area contributed by atoms with Crippen molar-refractivity contribution in [3.8, 4) is 11.3 Å². The summed E-state index contributed by atoms with van der Waals surface area (Å²) in [5.74, 6) is 0.987. The third-order valence-electron chi connectivity index (χ3n) is 2.37. The molecule has 0 fully saturated rings. The number of hydrogen-bond acceptors (Lipinski definition) is 3. The Kier molecular flexibility index (Phi) is 3.08. The van der Waals surface area contributed by atoms with Crippen LogP contribution in [0.1, 0.15) is 12.5 Å². The van der Waals surface area contributed by atoms with Crippen molar-refractivity contribution in [1.82, 2.24) is 5.16 Å². The van der Waals surface area contributed by atoms with E-state index in [2.05, 4.69) is 5.16 Å². The van der Waals surface area contributed by atoms with E-state index in [0.717, 1.165) is 17.5 Å². The van der Waals surface area contributed by atoms with Crippen LogP contribution in [0.3, 0.4) is 0 Å². The van der Waals surface area contributed by atoms with E-state index in [0.29, 0.717) is 21.6 Å². The second kappa shape index (κ2) is 4.36. The molecule has 0 aliphatic rings. The summed E-state index contributed by atoms with van der Waals surface area (Å²) in [6.45, 7) is 1.98. The zero-order valence-corrected chi connectivity index (χ0v) is 10.1. The average molecular weight is 257 g/mol. The SMILES string of the molecule is CCc1c(N)noc1-c1cccc(Cl)c1Cl. The fourth-order valence-corrected chi connectivity index (χ4v) is 1.94. The molecule has 0 aliphatic carbocycles. The Balaban J connectivity index is 2.63. The quantitative estimate of drug-likeness (QED) is 0.890. The van der Waals surface area contributed by atoms with E-state index in [4.69, 9.17) is 33.5 Å². The van der Waals surface area contributed by atoms with Crippen molar-refractivity contribution in [2.75, 3.05) is 5.73 Å². The smallest absolute Gasteiger partial charge is 0.173 e. The second-order valence-corrected chi connectivity index (χ2v) is 4.12. The minimum atomic E-state index is 0.397. The lowest BCUT2D eigenvalue weighted by Crippen LogP contribution is -1.91. The zero-order valence-electron chi connectivity index (χ0n) is 8.63. The molecule has 0 spiro atoms. The molecular formula is C11H10Cl2N2O. The Labute approximate surface area is 103 Å². The molecule has 0 unspecified atom stereocenters. The third kappa shape index (κ3) is 1.77. The molecule has 5 heteroatoms. The van der Waals surface area contributed by atoms with E-state index in [1.54, 1.807) is 6.07 Å². The number of nitrogens with two attached hydrogens (primary N) is 1. The van der Waals surface area contributed by atoms with E-state index < -0.39 is 0 Å². The molecule has 0 saturated heterocycles. The Morgan fingerprint density at radius 3 is 2.81 bits per heavy atom. The van der Waals surface area contributed by atoms with Gasteiger partial charge in [0.1, 0.15) is 0 Å². The molecule has 1 heterocycles. The molecule has 0 atom stereocenters. The molecule has 2 N–H and O–H groups in total. The van der Waals surface area contributed by atoms with Gasteiger partial charge in [-0.2, -0.15) is 0 Å².